The molecule has 0 bridgehead atoms. The van der Waals surface area contributed by atoms with Gasteiger partial charge in [-0.15, -0.1) is 0 Å². The first-order valence-electron chi connectivity index (χ1n) is 6.35. The summed E-state index contributed by atoms with van der Waals surface area (Å²) in [6.45, 7) is 1.35. The summed E-state index contributed by atoms with van der Waals surface area (Å²) in [5.74, 6) is -0.285. The third-order valence-corrected chi connectivity index (χ3v) is 2.80. The van der Waals surface area contributed by atoms with Crippen molar-refractivity contribution in [3.05, 3.63) is 71.8 Å². The van der Waals surface area contributed by atoms with Crippen molar-refractivity contribution in [1.82, 2.24) is 0 Å². The topological polar surface area (TPSA) is 46.5 Å². The fraction of sp³-hybridized carbons (Fsp3) is 0.118. The van der Waals surface area contributed by atoms with Crippen LogP contribution in [-0.2, 0) is 9.53 Å². The lowest BCUT2D eigenvalue weighted by molar-refractivity contribution is -0.144. The maximum Gasteiger partial charge on any atom is 0.303 e. The predicted octanol–water partition coefficient (Wildman–Crippen LogP) is 3.71. The maximum absolute atomic E-state index is 11.2. The van der Waals surface area contributed by atoms with Crippen LogP contribution in [-0.4, -0.2) is 11.1 Å². The van der Waals surface area contributed by atoms with Crippen molar-refractivity contribution in [1.29, 1.82) is 0 Å². The molecule has 1 atom stereocenters. The number of para-hydroxylation sites is 1. The highest BCUT2D eigenvalue weighted by atomic mass is 16.5. The van der Waals surface area contributed by atoms with Gasteiger partial charge in [0.15, 0.2) is 0 Å². The van der Waals surface area contributed by atoms with E-state index < -0.39 is 12.1 Å². The molecule has 0 aliphatic rings. The monoisotopic (exact) mass is 268 g/mol. The fourth-order valence-electron chi connectivity index (χ4n) is 1.88. The number of carbonyl (C=O) groups is 1. The first kappa shape index (κ1) is 13.9. The summed E-state index contributed by atoms with van der Waals surface area (Å²) in [5.41, 5.74) is 1.56. The van der Waals surface area contributed by atoms with Crippen molar-refractivity contribution in [3.8, 4) is 5.75 Å². The Morgan fingerprint density at radius 2 is 1.75 bits per heavy atom. The number of phenolic OH excluding ortho intramolecular Hbond substituents is 1. The quantitative estimate of drug-likeness (QED) is 0.860. The predicted molar refractivity (Wildman–Crippen MR) is 78.1 cm³/mol. The van der Waals surface area contributed by atoms with Gasteiger partial charge in [-0.25, -0.2) is 0 Å². The number of phenols is 1. The molecule has 20 heavy (non-hydrogen) atoms. The zero-order valence-corrected chi connectivity index (χ0v) is 11.2. The summed E-state index contributed by atoms with van der Waals surface area (Å²) >= 11 is 0. The van der Waals surface area contributed by atoms with Crippen LogP contribution in [0.15, 0.2) is 60.7 Å². The zero-order chi connectivity index (χ0) is 14.4. The highest BCUT2D eigenvalue weighted by Gasteiger charge is 2.14. The molecule has 0 saturated heterocycles. The van der Waals surface area contributed by atoms with Gasteiger partial charge in [0.1, 0.15) is 11.9 Å². The average Bonchev–Trinajstić information content (AvgIpc) is 2.45. The number of esters is 1. The zero-order valence-electron chi connectivity index (χ0n) is 11.2. The van der Waals surface area contributed by atoms with Crippen molar-refractivity contribution in [2.45, 2.75) is 13.0 Å². The van der Waals surface area contributed by atoms with Gasteiger partial charge in [0.2, 0.25) is 0 Å². The fourth-order valence-corrected chi connectivity index (χ4v) is 1.88. The Bertz CT molecular complexity index is 603. The molecular weight excluding hydrogens is 252 g/mol. The summed E-state index contributed by atoms with van der Waals surface area (Å²) < 4.78 is 5.25. The van der Waals surface area contributed by atoms with E-state index in [-0.39, 0.29) is 5.75 Å². The van der Waals surface area contributed by atoms with E-state index in [4.69, 9.17) is 4.74 Å². The SMILES string of the molecule is CC(=O)OC(/C=C/c1ccccc1)c1ccccc1O. The van der Waals surface area contributed by atoms with Crippen LogP contribution in [0.5, 0.6) is 5.75 Å². The largest absolute Gasteiger partial charge is 0.508 e. The van der Waals surface area contributed by atoms with Crippen LogP contribution in [0.1, 0.15) is 24.2 Å². The normalized spacial score (nSPS) is 12.2. The minimum Gasteiger partial charge on any atom is -0.508 e. The molecule has 0 saturated carbocycles. The van der Waals surface area contributed by atoms with Gasteiger partial charge >= 0.3 is 5.97 Å². The Hall–Kier alpha value is -2.55. The van der Waals surface area contributed by atoms with Gasteiger partial charge in [0.05, 0.1) is 0 Å². The highest BCUT2D eigenvalue weighted by Crippen LogP contribution is 2.28. The van der Waals surface area contributed by atoms with Crippen LogP contribution >= 0.6 is 0 Å². The lowest BCUT2D eigenvalue weighted by atomic mass is 10.1. The van der Waals surface area contributed by atoms with E-state index in [2.05, 4.69) is 0 Å². The Kier molecular flexibility index (Phi) is 4.56. The van der Waals surface area contributed by atoms with Gasteiger partial charge in [-0.3, -0.25) is 4.79 Å². The van der Waals surface area contributed by atoms with E-state index in [1.54, 1.807) is 30.3 Å². The first-order valence-corrected chi connectivity index (χ1v) is 6.35. The lowest BCUT2D eigenvalue weighted by Crippen LogP contribution is -2.06. The van der Waals surface area contributed by atoms with Gasteiger partial charge in [-0.05, 0) is 17.7 Å². The van der Waals surface area contributed by atoms with Gasteiger partial charge in [-0.2, -0.15) is 0 Å². The molecule has 0 aliphatic carbocycles. The summed E-state index contributed by atoms with van der Waals surface area (Å²) in [6.07, 6.45) is 3.01. The van der Waals surface area contributed by atoms with E-state index in [0.29, 0.717) is 5.56 Å². The lowest BCUT2D eigenvalue weighted by Gasteiger charge is -2.14. The molecule has 1 N–H and O–H groups in total. The minimum absolute atomic E-state index is 0.108. The van der Waals surface area contributed by atoms with Gasteiger partial charge in [0, 0.05) is 12.5 Å². The minimum atomic E-state index is -0.603. The molecule has 0 aliphatic heterocycles. The second kappa shape index (κ2) is 6.57. The molecule has 2 aromatic carbocycles. The molecule has 3 nitrogen and oxygen atoms in total. The van der Waals surface area contributed by atoms with Crippen LogP contribution in [0.3, 0.4) is 0 Å². The molecule has 2 rings (SSSR count). The highest BCUT2D eigenvalue weighted by molar-refractivity contribution is 5.67. The second-order valence-electron chi connectivity index (χ2n) is 4.36. The standard InChI is InChI=1S/C17H16O3/c1-13(18)20-17(15-9-5-6-10-16(15)19)12-11-14-7-3-2-4-8-14/h2-12,17,19H,1H3/b12-11+. The van der Waals surface area contributed by atoms with E-state index in [9.17, 15) is 9.90 Å². The van der Waals surface area contributed by atoms with Crippen LogP contribution in [0.25, 0.3) is 6.08 Å². The molecule has 0 heterocycles. The number of ether oxygens (including phenoxy) is 1. The van der Waals surface area contributed by atoms with Crippen LogP contribution in [0, 0.1) is 0 Å². The summed E-state index contributed by atoms with van der Waals surface area (Å²) in [7, 11) is 0. The van der Waals surface area contributed by atoms with Crippen LogP contribution in [0.4, 0.5) is 0 Å². The molecule has 2 aromatic rings. The first-order chi connectivity index (χ1) is 9.66. The summed E-state index contributed by atoms with van der Waals surface area (Å²) in [4.78, 5) is 11.2. The third-order valence-electron chi connectivity index (χ3n) is 2.80. The van der Waals surface area contributed by atoms with Crippen LogP contribution < -0.4 is 0 Å². The average molecular weight is 268 g/mol. The Labute approximate surface area is 118 Å². The Balaban J connectivity index is 2.27. The van der Waals surface area contributed by atoms with E-state index in [0.717, 1.165) is 5.56 Å². The number of benzene rings is 2. The van der Waals surface area contributed by atoms with E-state index in [1.807, 2.05) is 36.4 Å². The molecule has 0 fully saturated rings. The number of hydrogen-bond acceptors (Lipinski definition) is 3. The molecule has 0 aromatic heterocycles. The van der Waals surface area contributed by atoms with Crippen molar-refractivity contribution in [2.75, 3.05) is 0 Å². The molecule has 102 valence electrons. The smallest absolute Gasteiger partial charge is 0.303 e. The second-order valence-corrected chi connectivity index (χ2v) is 4.36. The van der Waals surface area contributed by atoms with Gasteiger partial charge in [-0.1, -0.05) is 54.6 Å². The Morgan fingerprint density at radius 3 is 2.40 bits per heavy atom. The van der Waals surface area contributed by atoms with Crippen molar-refractivity contribution in [3.63, 3.8) is 0 Å². The van der Waals surface area contributed by atoms with Gasteiger partial charge < -0.3 is 9.84 Å². The molecule has 0 spiro atoms. The number of carbonyl (C=O) groups excluding carboxylic acids is 1. The summed E-state index contributed by atoms with van der Waals surface area (Å²) in [5, 5.41) is 9.87. The van der Waals surface area contributed by atoms with Gasteiger partial charge in [0.25, 0.3) is 0 Å². The molecule has 1 unspecified atom stereocenters. The number of rotatable bonds is 4. The number of hydrogen-bond donors (Lipinski definition) is 1. The third kappa shape index (κ3) is 3.72. The van der Waals surface area contributed by atoms with E-state index in [1.165, 1.54) is 6.92 Å². The molecule has 0 amide bonds. The van der Waals surface area contributed by atoms with Crippen LogP contribution in [0.2, 0.25) is 0 Å². The van der Waals surface area contributed by atoms with Crippen molar-refractivity contribution in [2.24, 2.45) is 0 Å². The van der Waals surface area contributed by atoms with E-state index >= 15 is 0 Å². The summed E-state index contributed by atoms with van der Waals surface area (Å²) in [6, 6.07) is 16.5. The Morgan fingerprint density at radius 1 is 1.10 bits per heavy atom. The molecular formula is C17H16O3. The van der Waals surface area contributed by atoms with Crippen molar-refractivity contribution < 1.29 is 14.6 Å². The molecule has 3 heteroatoms. The number of aromatic hydroxyl groups is 1. The maximum atomic E-state index is 11.2. The molecule has 0 radical (unpaired) electrons. The van der Waals surface area contributed by atoms with Crippen molar-refractivity contribution >= 4 is 12.0 Å².